The molecule has 0 radical (unpaired) electrons. The number of aromatic hydroxyl groups is 2. The summed E-state index contributed by atoms with van der Waals surface area (Å²) in [5, 5.41) is 39.2. The van der Waals surface area contributed by atoms with Gasteiger partial charge in [-0.25, -0.2) is 4.79 Å². The average molecular weight is 816 g/mol. The van der Waals surface area contributed by atoms with Crippen molar-refractivity contribution in [3.05, 3.63) is 59.7 Å². The van der Waals surface area contributed by atoms with Gasteiger partial charge in [-0.15, -0.1) is 11.6 Å². The number of phenols is 2. The zero-order valence-corrected chi connectivity index (χ0v) is 34.7. The number of carbonyl (C=O) groups excluding carboxylic acids is 5. The van der Waals surface area contributed by atoms with E-state index in [-0.39, 0.29) is 43.2 Å². The molecule has 2 aromatic carbocycles. The summed E-state index contributed by atoms with van der Waals surface area (Å²) in [5.41, 5.74) is 1.31. The van der Waals surface area contributed by atoms with Crippen molar-refractivity contribution >= 4 is 41.2 Å². The van der Waals surface area contributed by atoms with Crippen molar-refractivity contribution in [1.82, 2.24) is 25.8 Å². The first-order valence-corrected chi connectivity index (χ1v) is 20.5. The topological polar surface area (TPSA) is 198 Å². The number of esters is 1. The summed E-state index contributed by atoms with van der Waals surface area (Å²) in [6.07, 6.45) is 4.96. The fourth-order valence-corrected chi connectivity index (χ4v) is 7.38. The molecule has 6 N–H and O–H groups in total. The Balaban J connectivity index is 1.82. The molecule has 1 saturated heterocycles. The third kappa shape index (κ3) is 14.5. The number of carbonyl (C=O) groups is 5. The number of phenolic OH excluding ortho intramolecular Hbond substituents is 2. The minimum Gasteiger partial charge on any atom is -0.508 e. The first kappa shape index (κ1) is 47.0. The van der Waals surface area contributed by atoms with E-state index in [1.807, 2.05) is 13.8 Å². The zero-order valence-electron chi connectivity index (χ0n) is 33.9. The zero-order chi connectivity index (χ0) is 42.1. The second kappa shape index (κ2) is 23.7. The quantitative estimate of drug-likeness (QED) is 0.0550. The Bertz CT molecular complexity index is 1590. The number of benzene rings is 2. The van der Waals surface area contributed by atoms with Gasteiger partial charge in [0.2, 0.25) is 17.7 Å². The molecule has 1 aliphatic rings. The summed E-state index contributed by atoms with van der Waals surface area (Å²) in [6.45, 7) is 4.09. The van der Waals surface area contributed by atoms with Crippen LogP contribution in [0, 0.1) is 5.92 Å². The number of nitrogens with zero attached hydrogens (tertiary/aromatic N) is 2. The normalized spacial score (nSPS) is 16.6. The first-order valence-electron chi connectivity index (χ1n) is 19.9. The van der Waals surface area contributed by atoms with Gasteiger partial charge in [0.05, 0.1) is 7.11 Å². The Morgan fingerprint density at radius 2 is 1.44 bits per heavy atom. The van der Waals surface area contributed by atoms with Crippen LogP contribution in [0.4, 0.5) is 0 Å². The van der Waals surface area contributed by atoms with E-state index in [1.165, 1.54) is 48.2 Å². The van der Waals surface area contributed by atoms with E-state index in [0.717, 1.165) is 32.1 Å². The smallest absolute Gasteiger partial charge is 0.328 e. The Kier molecular flexibility index (Phi) is 19.6. The molecule has 1 aliphatic heterocycles. The van der Waals surface area contributed by atoms with Crippen molar-refractivity contribution < 1.29 is 44.0 Å². The van der Waals surface area contributed by atoms with E-state index >= 15 is 0 Å². The maximum absolute atomic E-state index is 14.5. The lowest BCUT2D eigenvalue weighted by Gasteiger charge is -2.36. The number of hydrogen-bond donors (Lipinski definition) is 6. The first-order chi connectivity index (χ1) is 27.2. The largest absolute Gasteiger partial charge is 0.508 e. The van der Waals surface area contributed by atoms with Gasteiger partial charge < -0.3 is 45.8 Å². The number of likely N-dealkylation sites (N-methyl/N-ethyl adjacent to an activating group) is 2. The van der Waals surface area contributed by atoms with Crippen LogP contribution in [-0.2, 0) is 41.6 Å². The monoisotopic (exact) mass is 815 g/mol. The van der Waals surface area contributed by atoms with Crippen LogP contribution in [0.15, 0.2) is 48.5 Å². The van der Waals surface area contributed by atoms with E-state index in [2.05, 4.69) is 16.0 Å². The third-order valence-electron chi connectivity index (χ3n) is 10.5. The molecular formula is C42H62ClN5O9. The number of amides is 4. The predicted molar refractivity (Wildman–Crippen MR) is 218 cm³/mol. The molecule has 316 valence electrons. The number of alkyl halides is 1. The highest BCUT2D eigenvalue weighted by Gasteiger charge is 2.42. The van der Waals surface area contributed by atoms with Crippen molar-refractivity contribution in [1.29, 1.82) is 0 Å². The van der Waals surface area contributed by atoms with E-state index in [4.69, 9.17) is 16.3 Å². The van der Waals surface area contributed by atoms with Gasteiger partial charge >= 0.3 is 5.97 Å². The Hall–Kier alpha value is -4.40. The van der Waals surface area contributed by atoms with Gasteiger partial charge in [0, 0.05) is 38.4 Å². The molecule has 0 aliphatic carbocycles. The van der Waals surface area contributed by atoms with Gasteiger partial charge in [-0.05, 0) is 80.5 Å². The Morgan fingerprint density at radius 1 is 0.877 bits per heavy atom. The van der Waals surface area contributed by atoms with Crippen LogP contribution in [0.25, 0.3) is 0 Å². The SMILES string of the molecule is CN[C@H](CCCCCCCCl)[C@@H](O)C(=O)N[C@@H](Cc1ccc(O)cc1)C(=O)N(C)[C@@H](CC(C)C)C(=O)N1CCC[C@H]1C(=O)N[C@@H](Cc1ccc(O)cc1)C(=O)OC. The molecule has 0 saturated carbocycles. The molecule has 2 aromatic rings. The highest BCUT2D eigenvalue weighted by atomic mass is 35.5. The average Bonchev–Trinajstić information content (AvgIpc) is 3.70. The summed E-state index contributed by atoms with van der Waals surface area (Å²) in [7, 11) is 4.38. The Labute approximate surface area is 341 Å². The van der Waals surface area contributed by atoms with Gasteiger partial charge in [-0.1, -0.05) is 63.8 Å². The Morgan fingerprint density at radius 3 is 1.98 bits per heavy atom. The lowest BCUT2D eigenvalue weighted by molar-refractivity contribution is -0.150. The highest BCUT2D eigenvalue weighted by Crippen LogP contribution is 2.24. The van der Waals surface area contributed by atoms with Crippen LogP contribution in [0.3, 0.4) is 0 Å². The van der Waals surface area contributed by atoms with Crippen LogP contribution in [0.5, 0.6) is 11.5 Å². The van der Waals surface area contributed by atoms with Crippen molar-refractivity contribution in [2.24, 2.45) is 5.92 Å². The van der Waals surface area contributed by atoms with Crippen LogP contribution in [0.1, 0.15) is 82.8 Å². The molecule has 1 fully saturated rings. The number of aliphatic hydroxyl groups is 1. The van der Waals surface area contributed by atoms with Crippen molar-refractivity contribution in [2.75, 3.05) is 33.6 Å². The number of likely N-dealkylation sites (tertiary alicyclic amines) is 1. The molecular weight excluding hydrogens is 754 g/mol. The molecule has 1 heterocycles. The molecule has 3 rings (SSSR count). The molecule has 0 bridgehead atoms. The number of methoxy groups -OCH3 is 1. The number of rotatable bonds is 23. The molecule has 4 amide bonds. The summed E-state index contributed by atoms with van der Waals surface area (Å²) in [5.74, 6) is -2.29. The number of aliphatic hydroxyl groups excluding tert-OH is 1. The highest BCUT2D eigenvalue weighted by molar-refractivity contribution is 6.17. The third-order valence-corrected chi connectivity index (χ3v) is 10.7. The fraction of sp³-hybridized carbons (Fsp3) is 0.595. The molecule has 0 aromatic heterocycles. The summed E-state index contributed by atoms with van der Waals surface area (Å²) in [4.78, 5) is 71.8. The van der Waals surface area contributed by atoms with E-state index in [1.54, 1.807) is 31.3 Å². The molecule has 57 heavy (non-hydrogen) atoms. The van der Waals surface area contributed by atoms with Gasteiger partial charge in [0.1, 0.15) is 41.8 Å². The molecule has 6 atom stereocenters. The number of hydrogen-bond acceptors (Lipinski definition) is 10. The number of ether oxygens (including phenoxy) is 1. The van der Waals surface area contributed by atoms with E-state index in [9.17, 15) is 39.3 Å². The van der Waals surface area contributed by atoms with Crippen molar-refractivity contribution in [3.8, 4) is 11.5 Å². The van der Waals surface area contributed by atoms with E-state index in [0.29, 0.717) is 36.3 Å². The lowest BCUT2D eigenvalue weighted by atomic mass is 9.98. The number of unbranched alkanes of at least 4 members (excludes halogenated alkanes) is 4. The number of halogens is 1. The van der Waals surface area contributed by atoms with E-state index < -0.39 is 65.9 Å². The summed E-state index contributed by atoms with van der Waals surface area (Å²) >= 11 is 5.78. The van der Waals surface area contributed by atoms with Gasteiger partial charge in [0.25, 0.3) is 5.91 Å². The van der Waals surface area contributed by atoms with Gasteiger partial charge in [-0.2, -0.15) is 0 Å². The minimum absolute atomic E-state index is 0.0139. The van der Waals surface area contributed by atoms with Crippen LogP contribution >= 0.6 is 11.6 Å². The van der Waals surface area contributed by atoms with Gasteiger partial charge in [0.15, 0.2) is 0 Å². The fourth-order valence-electron chi connectivity index (χ4n) is 7.19. The number of nitrogens with one attached hydrogen (secondary N) is 3. The van der Waals surface area contributed by atoms with Gasteiger partial charge in [-0.3, -0.25) is 19.2 Å². The van der Waals surface area contributed by atoms with Crippen molar-refractivity contribution in [2.45, 2.75) is 121 Å². The molecule has 0 unspecified atom stereocenters. The van der Waals surface area contributed by atoms with Crippen molar-refractivity contribution in [3.63, 3.8) is 0 Å². The standard InChI is InChI=1S/C42H62ClN5O9/c1-27(2)24-36(41(55)48-23-11-13-35(48)38(52)46-34(42(56)57-5)26-29-16-20-31(50)21-17-29)47(4)40(54)33(25-28-14-18-30(49)19-15-28)45-39(53)37(51)32(44-3)12-9-7-6-8-10-22-43/h14-21,27,32-37,44,49-51H,6-13,22-26H2,1-5H3,(H,45,53)(H,46,52)/t32-,33+,34+,35+,36+,37-/m1/s1. The van der Waals surface area contributed by atoms with Crippen LogP contribution < -0.4 is 16.0 Å². The maximum atomic E-state index is 14.5. The van der Waals surface area contributed by atoms with Crippen LogP contribution in [-0.4, -0.2) is 125 Å². The second-order valence-corrected chi connectivity index (χ2v) is 15.6. The lowest BCUT2D eigenvalue weighted by Crippen LogP contribution is -2.59. The maximum Gasteiger partial charge on any atom is 0.328 e. The summed E-state index contributed by atoms with van der Waals surface area (Å²) < 4.78 is 4.96. The second-order valence-electron chi connectivity index (χ2n) is 15.3. The molecule has 14 nitrogen and oxygen atoms in total. The minimum atomic E-state index is -1.46. The predicted octanol–water partition coefficient (Wildman–Crippen LogP) is 3.42. The summed E-state index contributed by atoms with van der Waals surface area (Å²) in [6, 6.07) is 7.72. The molecule has 15 heteroatoms. The van der Waals surface area contributed by atoms with Crippen LogP contribution in [0.2, 0.25) is 0 Å². The molecule has 0 spiro atoms.